The first-order valence-electron chi connectivity index (χ1n) is 10.5. The van der Waals surface area contributed by atoms with Crippen LogP contribution in [-0.4, -0.2) is 54.2 Å². The fourth-order valence-corrected chi connectivity index (χ4v) is 3.91. The molecule has 7 heteroatoms. The number of carbonyl (C=O) groups excluding carboxylic acids is 3. The number of ether oxygens (including phenoxy) is 2. The Hall–Kier alpha value is -1.79. The van der Waals surface area contributed by atoms with Crippen molar-refractivity contribution in [2.75, 3.05) is 19.7 Å². The Morgan fingerprint density at radius 2 is 1.68 bits per heavy atom. The van der Waals surface area contributed by atoms with Crippen molar-refractivity contribution >= 4 is 18.0 Å². The van der Waals surface area contributed by atoms with Gasteiger partial charge in [-0.15, -0.1) is 0 Å². The third kappa shape index (κ3) is 6.67. The first-order chi connectivity index (χ1) is 13.1. The van der Waals surface area contributed by atoms with E-state index in [-0.39, 0.29) is 36.5 Å². The van der Waals surface area contributed by atoms with E-state index >= 15 is 0 Å². The molecule has 1 aliphatic heterocycles. The summed E-state index contributed by atoms with van der Waals surface area (Å²) in [5.74, 6) is 0.164. The molecule has 0 aromatic heterocycles. The SMILES string of the molecule is C[C@@H]1[C@@H](C)CCC[C@H]1NC(=O)COC(=O)C1CCN(C(=O)OC(C)(C)C)CC1. The van der Waals surface area contributed by atoms with Crippen molar-refractivity contribution in [1.29, 1.82) is 0 Å². The van der Waals surface area contributed by atoms with Gasteiger partial charge in [0, 0.05) is 19.1 Å². The summed E-state index contributed by atoms with van der Waals surface area (Å²) < 4.78 is 10.6. The van der Waals surface area contributed by atoms with Crippen LogP contribution in [0.1, 0.15) is 66.7 Å². The molecular formula is C21H36N2O5. The van der Waals surface area contributed by atoms with Crippen molar-refractivity contribution < 1.29 is 23.9 Å². The fourth-order valence-electron chi connectivity index (χ4n) is 3.91. The van der Waals surface area contributed by atoms with E-state index in [1.165, 1.54) is 6.42 Å². The van der Waals surface area contributed by atoms with Crippen molar-refractivity contribution in [3.8, 4) is 0 Å². The molecule has 2 fully saturated rings. The summed E-state index contributed by atoms with van der Waals surface area (Å²) in [6.45, 7) is 10.5. The largest absolute Gasteiger partial charge is 0.455 e. The summed E-state index contributed by atoms with van der Waals surface area (Å²) >= 11 is 0. The van der Waals surface area contributed by atoms with Gasteiger partial charge in [0.15, 0.2) is 6.61 Å². The van der Waals surface area contributed by atoms with Crippen molar-refractivity contribution in [2.45, 2.75) is 78.4 Å². The Bertz CT molecular complexity index is 564. The highest BCUT2D eigenvalue weighted by Crippen LogP contribution is 2.29. The normalized spacial score (nSPS) is 26.5. The topological polar surface area (TPSA) is 84.9 Å². The maximum absolute atomic E-state index is 12.3. The predicted molar refractivity (Wildman–Crippen MR) is 106 cm³/mol. The lowest BCUT2D eigenvalue weighted by molar-refractivity contribution is -0.154. The number of nitrogens with zero attached hydrogens (tertiary/aromatic N) is 1. The van der Waals surface area contributed by atoms with E-state index in [0.717, 1.165) is 12.8 Å². The zero-order valence-corrected chi connectivity index (χ0v) is 18.0. The molecule has 1 saturated heterocycles. The van der Waals surface area contributed by atoms with Gasteiger partial charge in [-0.3, -0.25) is 9.59 Å². The summed E-state index contributed by atoms with van der Waals surface area (Å²) in [6.07, 6.45) is 3.99. The predicted octanol–water partition coefficient (Wildman–Crippen LogP) is 3.12. The number of amides is 2. The number of hydrogen-bond acceptors (Lipinski definition) is 5. The molecule has 1 heterocycles. The van der Waals surface area contributed by atoms with Gasteiger partial charge in [-0.25, -0.2) is 4.79 Å². The molecule has 0 unspecified atom stereocenters. The first-order valence-corrected chi connectivity index (χ1v) is 10.5. The number of nitrogens with one attached hydrogen (secondary N) is 1. The summed E-state index contributed by atoms with van der Waals surface area (Å²) in [6, 6.07) is 0.159. The minimum absolute atomic E-state index is 0.159. The second-order valence-electron chi connectivity index (χ2n) is 9.29. The van der Waals surface area contributed by atoms with Gasteiger partial charge < -0.3 is 19.7 Å². The lowest BCUT2D eigenvalue weighted by Crippen LogP contribution is -2.46. The van der Waals surface area contributed by atoms with Gasteiger partial charge in [0.2, 0.25) is 0 Å². The van der Waals surface area contributed by atoms with Crippen LogP contribution in [0.5, 0.6) is 0 Å². The van der Waals surface area contributed by atoms with E-state index in [0.29, 0.717) is 37.8 Å². The molecule has 1 saturated carbocycles. The lowest BCUT2D eigenvalue weighted by Gasteiger charge is -2.34. The number of esters is 1. The van der Waals surface area contributed by atoms with Crippen LogP contribution >= 0.6 is 0 Å². The summed E-state index contributed by atoms with van der Waals surface area (Å²) in [5, 5.41) is 3.02. The quantitative estimate of drug-likeness (QED) is 0.738. The maximum Gasteiger partial charge on any atom is 0.410 e. The number of piperidine rings is 1. The highest BCUT2D eigenvalue weighted by Gasteiger charge is 2.32. The van der Waals surface area contributed by atoms with Gasteiger partial charge in [0.25, 0.3) is 5.91 Å². The van der Waals surface area contributed by atoms with Crippen LogP contribution in [0.15, 0.2) is 0 Å². The molecule has 3 atom stereocenters. The van der Waals surface area contributed by atoms with Crippen molar-refractivity contribution in [1.82, 2.24) is 10.2 Å². The van der Waals surface area contributed by atoms with Crippen LogP contribution in [0, 0.1) is 17.8 Å². The first kappa shape index (κ1) is 22.5. The van der Waals surface area contributed by atoms with E-state index in [9.17, 15) is 14.4 Å². The van der Waals surface area contributed by atoms with Gasteiger partial charge in [0.05, 0.1) is 5.92 Å². The molecule has 7 nitrogen and oxygen atoms in total. The van der Waals surface area contributed by atoms with E-state index < -0.39 is 5.60 Å². The van der Waals surface area contributed by atoms with E-state index in [4.69, 9.17) is 9.47 Å². The molecule has 0 radical (unpaired) electrons. The maximum atomic E-state index is 12.3. The number of likely N-dealkylation sites (tertiary alicyclic amines) is 1. The van der Waals surface area contributed by atoms with Crippen molar-refractivity contribution in [3.63, 3.8) is 0 Å². The minimum Gasteiger partial charge on any atom is -0.455 e. The van der Waals surface area contributed by atoms with Gasteiger partial charge in [-0.2, -0.15) is 0 Å². The smallest absolute Gasteiger partial charge is 0.410 e. The summed E-state index contributed by atoms with van der Waals surface area (Å²) in [4.78, 5) is 38.1. The summed E-state index contributed by atoms with van der Waals surface area (Å²) in [5.41, 5.74) is -0.534. The monoisotopic (exact) mass is 396 g/mol. The molecule has 0 bridgehead atoms. The Balaban J connectivity index is 1.70. The molecule has 1 N–H and O–H groups in total. The minimum atomic E-state index is -0.534. The molecule has 0 spiro atoms. The van der Waals surface area contributed by atoms with Gasteiger partial charge in [0.1, 0.15) is 5.60 Å². The van der Waals surface area contributed by atoms with Crippen LogP contribution < -0.4 is 5.32 Å². The standard InChI is InChI=1S/C21H36N2O5/c1-14-7-6-8-17(15(14)2)22-18(24)13-27-19(25)16-9-11-23(12-10-16)20(26)28-21(3,4)5/h14-17H,6-13H2,1-5H3,(H,22,24)/t14-,15+,17+/m0/s1. The molecule has 0 aromatic carbocycles. The van der Waals surface area contributed by atoms with Crippen LogP contribution in [0.3, 0.4) is 0 Å². The highest BCUT2D eigenvalue weighted by molar-refractivity contribution is 5.81. The van der Waals surface area contributed by atoms with Crippen LogP contribution in [0.4, 0.5) is 4.79 Å². The van der Waals surface area contributed by atoms with Gasteiger partial charge >= 0.3 is 12.1 Å². The van der Waals surface area contributed by atoms with Crippen molar-refractivity contribution in [2.24, 2.45) is 17.8 Å². The Kier molecular flexibility index (Phi) is 7.72. The number of rotatable bonds is 4. The third-order valence-electron chi connectivity index (χ3n) is 5.88. The fraction of sp³-hybridized carbons (Fsp3) is 0.857. The van der Waals surface area contributed by atoms with Gasteiger partial charge in [-0.05, 0) is 51.9 Å². The molecule has 2 amide bonds. The van der Waals surface area contributed by atoms with Crippen LogP contribution in [-0.2, 0) is 19.1 Å². The zero-order valence-electron chi connectivity index (χ0n) is 18.0. The molecule has 0 aromatic rings. The molecule has 160 valence electrons. The summed E-state index contributed by atoms with van der Waals surface area (Å²) in [7, 11) is 0. The molecular weight excluding hydrogens is 360 g/mol. The zero-order chi connectivity index (χ0) is 20.9. The Labute approximate surface area is 168 Å². The highest BCUT2D eigenvalue weighted by atomic mass is 16.6. The van der Waals surface area contributed by atoms with Crippen LogP contribution in [0.2, 0.25) is 0 Å². The van der Waals surface area contributed by atoms with E-state index in [1.54, 1.807) is 4.90 Å². The van der Waals surface area contributed by atoms with Crippen molar-refractivity contribution in [3.05, 3.63) is 0 Å². The third-order valence-corrected chi connectivity index (χ3v) is 5.88. The molecule has 2 aliphatic rings. The number of hydrogen-bond donors (Lipinski definition) is 1. The Morgan fingerprint density at radius 1 is 1.04 bits per heavy atom. The average molecular weight is 397 g/mol. The molecule has 1 aliphatic carbocycles. The second kappa shape index (κ2) is 9.61. The number of carbonyl (C=O) groups is 3. The lowest BCUT2D eigenvalue weighted by atomic mass is 9.78. The molecule has 28 heavy (non-hydrogen) atoms. The van der Waals surface area contributed by atoms with Gasteiger partial charge in [-0.1, -0.05) is 26.7 Å². The van der Waals surface area contributed by atoms with Crippen LogP contribution in [0.25, 0.3) is 0 Å². The van der Waals surface area contributed by atoms with E-state index in [2.05, 4.69) is 19.2 Å². The average Bonchev–Trinajstić information content (AvgIpc) is 2.62. The molecule has 2 rings (SSSR count). The second-order valence-corrected chi connectivity index (χ2v) is 9.29. The van der Waals surface area contributed by atoms with E-state index in [1.807, 2.05) is 20.8 Å². The Morgan fingerprint density at radius 3 is 2.29 bits per heavy atom.